The van der Waals surface area contributed by atoms with Crippen molar-refractivity contribution in [1.29, 1.82) is 0 Å². The number of hydrogen-bond acceptors (Lipinski definition) is 2. The van der Waals surface area contributed by atoms with Crippen LogP contribution in [0, 0.1) is 5.92 Å². The molecule has 1 aliphatic carbocycles. The Morgan fingerprint density at radius 3 is 2.11 bits per heavy atom. The predicted octanol–water partition coefficient (Wildman–Crippen LogP) is 2.09. The van der Waals surface area contributed by atoms with Crippen molar-refractivity contribution in [3.8, 4) is 0 Å². The summed E-state index contributed by atoms with van der Waals surface area (Å²) in [6, 6.07) is -0.933. The maximum atomic E-state index is 12.2. The molecule has 4 nitrogen and oxygen atoms in total. The van der Waals surface area contributed by atoms with Gasteiger partial charge in [0, 0.05) is 6.04 Å². The van der Waals surface area contributed by atoms with Gasteiger partial charge in [-0.3, -0.25) is 9.59 Å². The zero-order valence-corrected chi connectivity index (χ0v) is 9.79. The van der Waals surface area contributed by atoms with E-state index in [0.29, 0.717) is 19.3 Å². The third-order valence-corrected chi connectivity index (χ3v) is 3.16. The lowest BCUT2D eigenvalue weighted by Crippen LogP contribution is -2.48. The zero-order valence-electron chi connectivity index (χ0n) is 9.79. The largest absolute Gasteiger partial charge is 0.481 e. The Balaban J connectivity index is 2.72. The third-order valence-electron chi connectivity index (χ3n) is 3.16. The van der Waals surface area contributed by atoms with E-state index in [1.54, 1.807) is 0 Å². The van der Waals surface area contributed by atoms with Crippen LogP contribution in [-0.4, -0.2) is 29.2 Å². The van der Waals surface area contributed by atoms with Gasteiger partial charge in [0.25, 0.3) is 0 Å². The number of carboxylic acids is 1. The molecule has 0 heterocycles. The molecule has 7 heteroatoms. The van der Waals surface area contributed by atoms with E-state index >= 15 is 0 Å². The minimum atomic E-state index is -4.97. The summed E-state index contributed by atoms with van der Waals surface area (Å²) in [7, 11) is 0. The van der Waals surface area contributed by atoms with Crippen LogP contribution < -0.4 is 5.32 Å². The number of hydrogen-bond donors (Lipinski definition) is 2. The first-order chi connectivity index (χ1) is 8.32. The topological polar surface area (TPSA) is 66.4 Å². The van der Waals surface area contributed by atoms with Crippen LogP contribution in [0.3, 0.4) is 0 Å². The van der Waals surface area contributed by atoms with Crippen LogP contribution in [-0.2, 0) is 9.59 Å². The summed E-state index contributed by atoms with van der Waals surface area (Å²) >= 11 is 0. The van der Waals surface area contributed by atoms with Gasteiger partial charge in [0.1, 0.15) is 0 Å². The summed E-state index contributed by atoms with van der Waals surface area (Å²) in [4.78, 5) is 21.9. The average Bonchev–Trinajstić information content (AvgIpc) is 2.19. The number of amides is 1. The van der Waals surface area contributed by atoms with Crippen molar-refractivity contribution in [2.45, 2.75) is 50.7 Å². The second kappa shape index (κ2) is 6.06. The highest BCUT2D eigenvalue weighted by Gasteiger charge is 2.41. The third kappa shape index (κ3) is 4.19. The van der Waals surface area contributed by atoms with E-state index in [1.165, 1.54) is 0 Å². The Kier molecular flexibility index (Phi) is 4.98. The molecule has 2 N–H and O–H groups in total. The first-order valence-electron chi connectivity index (χ1n) is 5.93. The molecule has 0 unspecified atom stereocenters. The summed E-state index contributed by atoms with van der Waals surface area (Å²) in [5.41, 5.74) is 0. The molecular weight excluding hydrogens is 251 g/mol. The molecule has 0 bridgehead atoms. The summed E-state index contributed by atoms with van der Waals surface area (Å²) in [6.45, 7) is 0. The van der Waals surface area contributed by atoms with Gasteiger partial charge in [0.05, 0.1) is 5.92 Å². The number of alkyl halides is 3. The van der Waals surface area contributed by atoms with Crippen molar-refractivity contribution >= 4 is 11.9 Å². The van der Waals surface area contributed by atoms with Gasteiger partial charge in [0.2, 0.25) is 0 Å². The van der Waals surface area contributed by atoms with Gasteiger partial charge in [-0.1, -0.05) is 25.7 Å². The fraction of sp³-hybridized carbons (Fsp3) is 0.818. The lowest BCUT2D eigenvalue weighted by Gasteiger charge is -2.27. The van der Waals surface area contributed by atoms with Gasteiger partial charge in [-0.25, -0.2) is 0 Å². The predicted molar refractivity (Wildman–Crippen MR) is 56.8 cm³/mol. The number of aliphatic carboxylic acids is 1. The zero-order chi connectivity index (χ0) is 13.8. The smallest absolute Gasteiger partial charge is 0.471 e. The van der Waals surface area contributed by atoms with Gasteiger partial charge in [-0.15, -0.1) is 0 Å². The van der Waals surface area contributed by atoms with Crippen LogP contribution in [0.4, 0.5) is 13.2 Å². The van der Waals surface area contributed by atoms with Gasteiger partial charge in [0.15, 0.2) is 0 Å². The Bertz CT molecular complexity index is 317. The molecule has 0 aromatic carbocycles. The van der Waals surface area contributed by atoms with Crippen molar-refractivity contribution in [3.63, 3.8) is 0 Å². The van der Waals surface area contributed by atoms with E-state index < -0.39 is 30.0 Å². The minimum absolute atomic E-state index is 0.277. The Labute approximate surface area is 103 Å². The maximum Gasteiger partial charge on any atom is 0.471 e. The van der Waals surface area contributed by atoms with Gasteiger partial charge in [-0.05, 0) is 12.8 Å². The van der Waals surface area contributed by atoms with Crippen molar-refractivity contribution in [2.75, 3.05) is 0 Å². The average molecular weight is 267 g/mol. The van der Waals surface area contributed by atoms with Crippen molar-refractivity contribution in [1.82, 2.24) is 5.32 Å². The van der Waals surface area contributed by atoms with E-state index in [2.05, 4.69) is 0 Å². The molecular formula is C11H16F3NO3. The van der Waals surface area contributed by atoms with Crippen LogP contribution >= 0.6 is 0 Å². The SMILES string of the molecule is O=C(O)[C@@H]1CCCCCC[C@@H]1NC(=O)C(F)(F)F. The summed E-state index contributed by atoms with van der Waals surface area (Å²) < 4.78 is 36.5. The number of nitrogens with one attached hydrogen (secondary N) is 1. The fourth-order valence-corrected chi connectivity index (χ4v) is 2.20. The van der Waals surface area contributed by atoms with Crippen LogP contribution in [0.15, 0.2) is 0 Å². The summed E-state index contributed by atoms with van der Waals surface area (Å²) in [5, 5.41) is 10.8. The molecule has 0 aromatic rings. The maximum absolute atomic E-state index is 12.2. The van der Waals surface area contributed by atoms with Crippen molar-refractivity contribution in [3.05, 3.63) is 0 Å². The van der Waals surface area contributed by atoms with Gasteiger partial charge >= 0.3 is 18.1 Å². The number of carbonyl (C=O) groups excluding carboxylic acids is 1. The van der Waals surface area contributed by atoms with E-state index in [9.17, 15) is 22.8 Å². The molecule has 1 rings (SSSR count). The molecule has 1 saturated carbocycles. The van der Waals surface area contributed by atoms with E-state index in [0.717, 1.165) is 12.8 Å². The standard InChI is InChI=1S/C11H16F3NO3/c12-11(13,14)10(18)15-8-6-4-2-1-3-5-7(8)9(16)17/h7-8H,1-6H2,(H,15,18)(H,16,17)/t7-,8+/m1/s1. The Morgan fingerprint density at radius 2 is 1.61 bits per heavy atom. The van der Waals surface area contributed by atoms with Crippen LogP contribution in [0.2, 0.25) is 0 Å². The normalized spacial score (nSPS) is 25.9. The molecule has 1 aliphatic rings. The van der Waals surface area contributed by atoms with Crippen molar-refractivity contribution in [2.24, 2.45) is 5.92 Å². The Hall–Kier alpha value is -1.27. The quantitative estimate of drug-likeness (QED) is 0.805. The highest BCUT2D eigenvalue weighted by Crippen LogP contribution is 2.24. The molecule has 1 amide bonds. The van der Waals surface area contributed by atoms with Crippen LogP contribution in [0.1, 0.15) is 38.5 Å². The number of carbonyl (C=O) groups is 2. The molecule has 0 saturated heterocycles. The second-order valence-corrected chi connectivity index (χ2v) is 4.51. The lowest BCUT2D eigenvalue weighted by atomic mass is 9.87. The molecule has 0 radical (unpaired) electrons. The lowest BCUT2D eigenvalue weighted by molar-refractivity contribution is -0.175. The van der Waals surface area contributed by atoms with E-state index in [4.69, 9.17) is 5.11 Å². The van der Waals surface area contributed by atoms with Gasteiger partial charge < -0.3 is 10.4 Å². The highest BCUT2D eigenvalue weighted by molar-refractivity contribution is 5.82. The number of rotatable bonds is 2. The molecule has 18 heavy (non-hydrogen) atoms. The molecule has 104 valence electrons. The number of halogens is 3. The fourth-order valence-electron chi connectivity index (χ4n) is 2.20. The molecule has 0 aliphatic heterocycles. The monoisotopic (exact) mass is 267 g/mol. The molecule has 1 fully saturated rings. The Morgan fingerprint density at radius 1 is 1.06 bits per heavy atom. The van der Waals surface area contributed by atoms with Crippen LogP contribution in [0.25, 0.3) is 0 Å². The molecule has 2 atom stereocenters. The molecule has 0 spiro atoms. The minimum Gasteiger partial charge on any atom is -0.481 e. The summed E-state index contributed by atoms with van der Waals surface area (Å²) in [5.74, 6) is -4.14. The summed E-state index contributed by atoms with van der Waals surface area (Å²) in [6.07, 6.45) is -1.36. The first-order valence-corrected chi connectivity index (χ1v) is 5.93. The van der Waals surface area contributed by atoms with Gasteiger partial charge in [-0.2, -0.15) is 13.2 Å². The highest BCUT2D eigenvalue weighted by atomic mass is 19.4. The van der Waals surface area contributed by atoms with E-state index in [-0.39, 0.29) is 6.42 Å². The first kappa shape index (κ1) is 14.8. The van der Waals surface area contributed by atoms with E-state index in [1.807, 2.05) is 5.32 Å². The van der Waals surface area contributed by atoms with Crippen LogP contribution in [0.5, 0.6) is 0 Å². The van der Waals surface area contributed by atoms with Crippen molar-refractivity contribution < 1.29 is 27.9 Å². The molecule has 0 aromatic heterocycles. The number of carboxylic acid groups (broad SMARTS) is 1. The second-order valence-electron chi connectivity index (χ2n) is 4.51.